The smallest absolute Gasteiger partial charge is 0.397 e. The molecule has 0 N–H and O–H groups in total. The Balaban J connectivity index is 1.72. The molecular weight excluding hydrogens is 439 g/mol. The molecule has 3 nitrogen and oxygen atoms in total. The Kier molecular flexibility index (Phi) is 15.5. The molecule has 192 valence electrons. The number of unbranched alkanes of at least 4 members (excludes halogenated alkanes) is 8. The largest absolute Gasteiger partial charge is 0.427 e. The maximum absolute atomic E-state index is 6.19. The average molecular weight is 489 g/mol. The van der Waals surface area contributed by atoms with Gasteiger partial charge in [0.1, 0.15) is 5.75 Å². The molecule has 2 aromatic rings. The first kappa shape index (κ1) is 29.1. The summed E-state index contributed by atoms with van der Waals surface area (Å²) in [6, 6.07) is 14.6. The first-order chi connectivity index (χ1) is 16.5. The molecular formula is C30H49O3P. The van der Waals surface area contributed by atoms with E-state index < -0.39 is 8.60 Å². The summed E-state index contributed by atoms with van der Waals surface area (Å²) in [7, 11) is -1.36. The third kappa shape index (κ3) is 13.7. The highest BCUT2D eigenvalue weighted by molar-refractivity contribution is 7.42. The molecule has 0 aliphatic carbocycles. The normalized spacial score (nSPS) is 11.9. The second kappa shape index (κ2) is 18.2. The fourth-order valence-electron chi connectivity index (χ4n) is 4.05. The summed E-state index contributed by atoms with van der Waals surface area (Å²) >= 11 is 0. The van der Waals surface area contributed by atoms with Crippen LogP contribution in [0, 0.1) is 11.8 Å². The molecule has 0 aromatic heterocycles. The molecule has 0 bridgehead atoms. The number of hydrogen-bond donors (Lipinski definition) is 0. The van der Waals surface area contributed by atoms with Crippen LogP contribution in [0.5, 0.6) is 5.75 Å². The van der Waals surface area contributed by atoms with Crippen LogP contribution in [0.3, 0.4) is 0 Å². The van der Waals surface area contributed by atoms with Gasteiger partial charge in [-0.15, -0.1) is 0 Å². The molecule has 0 aliphatic rings. The van der Waals surface area contributed by atoms with Gasteiger partial charge in [0, 0.05) is 0 Å². The van der Waals surface area contributed by atoms with Gasteiger partial charge in [-0.3, -0.25) is 0 Å². The summed E-state index contributed by atoms with van der Waals surface area (Å²) in [6.07, 6.45) is 15.2. The van der Waals surface area contributed by atoms with Crippen LogP contribution in [0.25, 0.3) is 10.8 Å². The Bertz CT molecular complexity index is 738. The van der Waals surface area contributed by atoms with Gasteiger partial charge in [0.05, 0.1) is 13.2 Å². The van der Waals surface area contributed by atoms with E-state index in [0.29, 0.717) is 13.2 Å². The van der Waals surface area contributed by atoms with Crippen molar-refractivity contribution in [3.8, 4) is 5.75 Å². The second-order valence-electron chi connectivity index (χ2n) is 10.4. The van der Waals surface area contributed by atoms with Crippen molar-refractivity contribution in [2.45, 2.75) is 105 Å². The van der Waals surface area contributed by atoms with Crippen LogP contribution < -0.4 is 4.52 Å². The zero-order valence-corrected chi connectivity index (χ0v) is 23.2. The third-order valence-electron chi connectivity index (χ3n) is 6.15. The molecule has 4 heteroatoms. The summed E-state index contributed by atoms with van der Waals surface area (Å²) in [5, 5.41) is 2.40. The maximum atomic E-state index is 6.19. The van der Waals surface area contributed by atoms with Gasteiger partial charge < -0.3 is 13.6 Å². The minimum atomic E-state index is -1.36. The molecule has 0 saturated heterocycles. The molecule has 0 aliphatic heterocycles. The van der Waals surface area contributed by atoms with Crippen molar-refractivity contribution in [1.29, 1.82) is 0 Å². The van der Waals surface area contributed by atoms with Crippen LogP contribution >= 0.6 is 8.60 Å². The number of benzene rings is 2. The lowest BCUT2D eigenvalue weighted by atomic mass is 10.0. The van der Waals surface area contributed by atoms with Crippen molar-refractivity contribution in [2.75, 3.05) is 13.2 Å². The minimum absolute atomic E-state index is 0.707. The summed E-state index contributed by atoms with van der Waals surface area (Å²) in [5.74, 6) is 2.46. The van der Waals surface area contributed by atoms with Crippen molar-refractivity contribution in [1.82, 2.24) is 0 Å². The van der Waals surface area contributed by atoms with Gasteiger partial charge in [0.2, 0.25) is 0 Å². The van der Waals surface area contributed by atoms with E-state index in [1.54, 1.807) is 0 Å². The summed E-state index contributed by atoms with van der Waals surface area (Å²) in [6.45, 7) is 10.6. The molecule has 2 aromatic carbocycles. The topological polar surface area (TPSA) is 27.7 Å². The minimum Gasteiger partial charge on any atom is -0.427 e. The fourth-order valence-corrected chi connectivity index (χ4v) is 5.07. The van der Waals surface area contributed by atoms with Gasteiger partial charge in [-0.05, 0) is 47.6 Å². The van der Waals surface area contributed by atoms with E-state index in [0.717, 1.165) is 30.4 Å². The Morgan fingerprint density at radius 3 is 1.65 bits per heavy atom. The van der Waals surface area contributed by atoms with Crippen LogP contribution in [0.2, 0.25) is 0 Å². The van der Waals surface area contributed by atoms with Crippen LogP contribution in [0.15, 0.2) is 42.5 Å². The van der Waals surface area contributed by atoms with Crippen LogP contribution in [-0.2, 0) is 9.05 Å². The highest BCUT2D eigenvalue weighted by Crippen LogP contribution is 2.41. The highest BCUT2D eigenvalue weighted by atomic mass is 31.2. The summed E-state index contributed by atoms with van der Waals surface area (Å²) in [5.41, 5.74) is 0. The number of hydrogen-bond acceptors (Lipinski definition) is 3. The SMILES string of the molecule is CC(C)CCCCCCCOP(OCCCCCCCC(C)C)Oc1ccc2ccccc2c1. The van der Waals surface area contributed by atoms with Crippen molar-refractivity contribution in [3.63, 3.8) is 0 Å². The molecule has 0 atom stereocenters. The Hall–Kier alpha value is -1.15. The van der Waals surface area contributed by atoms with Gasteiger partial charge >= 0.3 is 8.60 Å². The van der Waals surface area contributed by atoms with Gasteiger partial charge in [-0.2, -0.15) is 0 Å². The van der Waals surface area contributed by atoms with Crippen LogP contribution in [0.4, 0.5) is 0 Å². The Morgan fingerprint density at radius 2 is 1.09 bits per heavy atom. The number of rotatable bonds is 20. The zero-order chi connectivity index (χ0) is 24.4. The van der Waals surface area contributed by atoms with Crippen molar-refractivity contribution < 1.29 is 13.6 Å². The molecule has 0 saturated carbocycles. The van der Waals surface area contributed by atoms with E-state index in [9.17, 15) is 0 Å². The summed E-state index contributed by atoms with van der Waals surface area (Å²) < 4.78 is 18.4. The van der Waals surface area contributed by atoms with E-state index in [1.807, 2.05) is 6.07 Å². The Labute approximate surface area is 211 Å². The lowest BCUT2D eigenvalue weighted by molar-refractivity contribution is 0.198. The van der Waals surface area contributed by atoms with Gasteiger partial charge in [-0.25, -0.2) is 0 Å². The summed E-state index contributed by atoms with van der Waals surface area (Å²) in [4.78, 5) is 0. The molecule has 0 fully saturated rings. The standard InChI is InChI=1S/C30H49O3P/c1-26(2)17-11-7-5-9-15-23-31-34(32-24-16-10-6-8-12-18-27(3)4)33-30-22-21-28-19-13-14-20-29(28)25-30/h13-14,19-22,25-27H,5-12,15-18,23-24H2,1-4H3. The zero-order valence-electron chi connectivity index (χ0n) is 22.3. The van der Waals surface area contributed by atoms with Gasteiger partial charge in [0.15, 0.2) is 0 Å². The van der Waals surface area contributed by atoms with Crippen LogP contribution in [-0.4, -0.2) is 13.2 Å². The molecule has 0 amide bonds. The van der Waals surface area contributed by atoms with Gasteiger partial charge in [0.25, 0.3) is 0 Å². The fraction of sp³-hybridized carbons (Fsp3) is 0.667. The van der Waals surface area contributed by atoms with Gasteiger partial charge in [-0.1, -0.05) is 122 Å². The predicted octanol–water partition coefficient (Wildman–Crippen LogP) is 10.5. The maximum Gasteiger partial charge on any atom is 0.397 e. The molecule has 0 heterocycles. The molecule has 0 spiro atoms. The van der Waals surface area contributed by atoms with E-state index >= 15 is 0 Å². The van der Waals surface area contributed by atoms with Crippen molar-refractivity contribution in [2.24, 2.45) is 11.8 Å². The first-order valence-corrected chi connectivity index (χ1v) is 14.9. The molecule has 0 radical (unpaired) electrons. The third-order valence-corrected chi connectivity index (χ3v) is 7.29. The van der Waals surface area contributed by atoms with E-state index in [-0.39, 0.29) is 0 Å². The number of fused-ring (bicyclic) bond motifs is 1. The lowest BCUT2D eigenvalue weighted by Gasteiger charge is -2.18. The first-order valence-electron chi connectivity index (χ1n) is 13.8. The van der Waals surface area contributed by atoms with Crippen LogP contribution in [0.1, 0.15) is 105 Å². The molecule has 34 heavy (non-hydrogen) atoms. The van der Waals surface area contributed by atoms with E-state index in [1.165, 1.54) is 75.0 Å². The quantitative estimate of drug-likeness (QED) is 0.137. The highest BCUT2D eigenvalue weighted by Gasteiger charge is 2.15. The van der Waals surface area contributed by atoms with E-state index in [2.05, 4.69) is 64.1 Å². The molecule has 0 unspecified atom stereocenters. The average Bonchev–Trinajstić information content (AvgIpc) is 2.81. The molecule has 2 rings (SSSR count). The monoisotopic (exact) mass is 488 g/mol. The van der Waals surface area contributed by atoms with Crippen molar-refractivity contribution in [3.05, 3.63) is 42.5 Å². The second-order valence-corrected chi connectivity index (χ2v) is 11.5. The lowest BCUT2D eigenvalue weighted by Crippen LogP contribution is -2.01. The predicted molar refractivity (Wildman–Crippen MR) is 148 cm³/mol. The van der Waals surface area contributed by atoms with Crippen molar-refractivity contribution >= 4 is 19.4 Å². The Morgan fingerprint density at radius 1 is 0.588 bits per heavy atom. The van der Waals surface area contributed by atoms with E-state index in [4.69, 9.17) is 13.6 Å².